The van der Waals surface area contributed by atoms with Crippen molar-refractivity contribution >= 4 is 5.97 Å². The summed E-state index contributed by atoms with van der Waals surface area (Å²) in [6, 6.07) is 13.1. The fourth-order valence-electron chi connectivity index (χ4n) is 2.16. The Morgan fingerprint density at radius 1 is 0.864 bits per heavy atom. The van der Waals surface area contributed by atoms with Gasteiger partial charge in [-0.3, -0.25) is 0 Å². The molecule has 0 amide bonds. The fourth-order valence-corrected chi connectivity index (χ4v) is 2.16. The number of hydrogen-bond acceptors (Lipinski definition) is 3. The summed E-state index contributed by atoms with van der Waals surface area (Å²) < 4.78 is 11.1. The summed E-state index contributed by atoms with van der Waals surface area (Å²) in [5.41, 5.74) is 2.88. The lowest BCUT2D eigenvalue weighted by atomic mass is 10.1. The van der Waals surface area contributed by atoms with Crippen LogP contribution >= 0.6 is 0 Å². The molecular formula is C19H22O3. The Morgan fingerprint density at radius 3 is 2.09 bits per heavy atom. The van der Waals surface area contributed by atoms with Crippen LogP contribution in [-0.2, 0) is 12.8 Å². The van der Waals surface area contributed by atoms with E-state index >= 15 is 0 Å². The second kappa shape index (κ2) is 7.64. The fraction of sp³-hybridized carbons (Fsp3) is 0.316. The summed E-state index contributed by atoms with van der Waals surface area (Å²) in [7, 11) is 0. The van der Waals surface area contributed by atoms with Crippen LogP contribution in [0, 0.1) is 0 Å². The summed E-state index contributed by atoms with van der Waals surface area (Å²) in [4.78, 5) is 12.2. The number of carbonyl (C=O) groups is 1. The van der Waals surface area contributed by atoms with Gasteiger partial charge in [0.2, 0.25) is 0 Å². The first-order chi connectivity index (χ1) is 10.7. The van der Waals surface area contributed by atoms with Gasteiger partial charge in [-0.25, -0.2) is 4.79 Å². The number of esters is 1. The van der Waals surface area contributed by atoms with E-state index in [0.717, 1.165) is 18.4 Å². The molecule has 3 heteroatoms. The van der Waals surface area contributed by atoms with Gasteiger partial charge in [-0.2, -0.15) is 0 Å². The minimum atomic E-state index is -0.368. The van der Waals surface area contributed by atoms with E-state index in [4.69, 9.17) is 9.47 Å². The van der Waals surface area contributed by atoms with Crippen molar-refractivity contribution in [2.24, 2.45) is 0 Å². The van der Waals surface area contributed by atoms with Crippen molar-refractivity contribution < 1.29 is 14.3 Å². The first-order valence-electron chi connectivity index (χ1n) is 7.74. The number of carbonyl (C=O) groups excluding carboxylic acids is 1. The van der Waals surface area contributed by atoms with Crippen LogP contribution in [0.2, 0.25) is 0 Å². The standard InChI is InChI=1S/C19H22O3/c1-4-14-7-10-16(11-8-14)19(20)22-17-12-9-15(5-2)13-18(17)21-6-3/h7-13H,4-6H2,1-3H3. The Labute approximate surface area is 131 Å². The molecule has 0 aliphatic heterocycles. The SMILES string of the molecule is CCOc1cc(CC)ccc1OC(=O)c1ccc(CC)cc1. The quantitative estimate of drug-likeness (QED) is 0.584. The van der Waals surface area contributed by atoms with Crippen molar-refractivity contribution in [2.45, 2.75) is 33.6 Å². The van der Waals surface area contributed by atoms with Gasteiger partial charge in [0.1, 0.15) is 0 Å². The summed E-state index contributed by atoms with van der Waals surface area (Å²) in [6.45, 7) is 6.60. The van der Waals surface area contributed by atoms with Crippen LogP contribution in [0.25, 0.3) is 0 Å². The Bertz CT molecular complexity index is 630. The number of ether oxygens (including phenoxy) is 2. The van der Waals surface area contributed by atoms with E-state index in [1.54, 1.807) is 18.2 Å². The third-order valence-corrected chi connectivity index (χ3v) is 3.52. The Hall–Kier alpha value is -2.29. The zero-order chi connectivity index (χ0) is 15.9. The van der Waals surface area contributed by atoms with Crippen molar-refractivity contribution in [1.82, 2.24) is 0 Å². The van der Waals surface area contributed by atoms with Crippen molar-refractivity contribution in [3.05, 3.63) is 59.2 Å². The molecule has 0 unspecified atom stereocenters. The van der Waals surface area contributed by atoms with E-state index in [0.29, 0.717) is 23.7 Å². The molecule has 0 aromatic heterocycles. The molecule has 0 aliphatic rings. The van der Waals surface area contributed by atoms with Crippen LogP contribution in [0.3, 0.4) is 0 Å². The molecule has 22 heavy (non-hydrogen) atoms. The Balaban J connectivity index is 2.19. The summed E-state index contributed by atoms with van der Waals surface area (Å²) in [5.74, 6) is 0.705. The maximum absolute atomic E-state index is 12.2. The first-order valence-corrected chi connectivity index (χ1v) is 7.74. The highest BCUT2D eigenvalue weighted by Gasteiger charge is 2.13. The van der Waals surface area contributed by atoms with Gasteiger partial charge in [0.15, 0.2) is 11.5 Å². The second-order valence-electron chi connectivity index (χ2n) is 5.01. The molecule has 2 rings (SSSR count). The molecule has 0 bridgehead atoms. The van der Waals surface area contributed by atoms with Crippen molar-refractivity contribution in [3.8, 4) is 11.5 Å². The van der Waals surface area contributed by atoms with Gasteiger partial charge in [-0.1, -0.05) is 32.0 Å². The Morgan fingerprint density at radius 2 is 1.50 bits per heavy atom. The molecule has 116 valence electrons. The minimum absolute atomic E-state index is 0.368. The lowest BCUT2D eigenvalue weighted by Gasteiger charge is -2.12. The zero-order valence-electron chi connectivity index (χ0n) is 13.4. The molecule has 2 aromatic carbocycles. The topological polar surface area (TPSA) is 35.5 Å². The van der Waals surface area contributed by atoms with Crippen LogP contribution in [0.5, 0.6) is 11.5 Å². The van der Waals surface area contributed by atoms with Crippen molar-refractivity contribution in [1.29, 1.82) is 0 Å². The highest BCUT2D eigenvalue weighted by molar-refractivity contribution is 5.91. The summed E-state index contributed by atoms with van der Waals surface area (Å²) >= 11 is 0. The molecule has 0 fully saturated rings. The van der Waals surface area contributed by atoms with Gasteiger partial charge in [0, 0.05) is 0 Å². The zero-order valence-corrected chi connectivity index (χ0v) is 13.4. The molecule has 3 nitrogen and oxygen atoms in total. The van der Waals surface area contributed by atoms with Crippen LogP contribution < -0.4 is 9.47 Å². The third-order valence-electron chi connectivity index (χ3n) is 3.52. The number of hydrogen-bond donors (Lipinski definition) is 0. The molecule has 0 heterocycles. The largest absolute Gasteiger partial charge is 0.490 e. The smallest absolute Gasteiger partial charge is 0.343 e. The van der Waals surface area contributed by atoms with E-state index in [9.17, 15) is 4.79 Å². The number of benzene rings is 2. The van der Waals surface area contributed by atoms with E-state index in [2.05, 4.69) is 13.8 Å². The molecule has 0 aliphatic carbocycles. The van der Waals surface area contributed by atoms with Crippen molar-refractivity contribution in [2.75, 3.05) is 6.61 Å². The van der Waals surface area contributed by atoms with Gasteiger partial charge >= 0.3 is 5.97 Å². The number of rotatable bonds is 6. The van der Waals surface area contributed by atoms with Crippen molar-refractivity contribution in [3.63, 3.8) is 0 Å². The van der Waals surface area contributed by atoms with Gasteiger partial charge in [0.05, 0.1) is 12.2 Å². The van der Waals surface area contributed by atoms with Gasteiger partial charge in [0.25, 0.3) is 0 Å². The highest BCUT2D eigenvalue weighted by Crippen LogP contribution is 2.29. The Kier molecular flexibility index (Phi) is 5.59. The summed E-state index contributed by atoms with van der Waals surface area (Å²) in [5, 5.41) is 0. The monoisotopic (exact) mass is 298 g/mol. The molecule has 0 N–H and O–H groups in total. The average Bonchev–Trinajstić information content (AvgIpc) is 2.56. The first kappa shape index (κ1) is 16.1. The van der Waals surface area contributed by atoms with E-state index in [1.165, 1.54) is 5.56 Å². The molecule has 0 saturated heterocycles. The van der Waals surface area contributed by atoms with Gasteiger partial charge in [-0.05, 0) is 55.2 Å². The normalized spacial score (nSPS) is 10.3. The highest BCUT2D eigenvalue weighted by atomic mass is 16.6. The van der Waals surface area contributed by atoms with Crippen LogP contribution in [0.1, 0.15) is 42.3 Å². The molecule has 0 spiro atoms. The predicted molar refractivity (Wildman–Crippen MR) is 87.8 cm³/mol. The average molecular weight is 298 g/mol. The van der Waals surface area contributed by atoms with Gasteiger partial charge in [-0.15, -0.1) is 0 Å². The van der Waals surface area contributed by atoms with Crippen LogP contribution in [0.15, 0.2) is 42.5 Å². The minimum Gasteiger partial charge on any atom is -0.490 e. The molecule has 0 atom stereocenters. The van der Waals surface area contributed by atoms with E-state index in [1.807, 2.05) is 31.2 Å². The molecule has 0 saturated carbocycles. The molecule has 0 radical (unpaired) electrons. The molecule has 2 aromatic rings. The lowest BCUT2D eigenvalue weighted by Crippen LogP contribution is -2.10. The lowest BCUT2D eigenvalue weighted by molar-refractivity contribution is 0.0728. The predicted octanol–water partition coefficient (Wildman–Crippen LogP) is 4.43. The maximum Gasteiger partial charge on any atom is 0.343 e. The molecular weight excluding hydrogens is 276 g/mol. The van der Waals surface area contributed by atoms with Crippen LogP contribution in [-0.4, -0.2) is 12.6 Å². The second-order valence-corrected chi connectivity index (χ2v) is 5.01. The van der Waals surface area contributed by atoms with Crippen LogP contribution in [0.4, 0.5) is 0 Å². The van der Waals surface area contributed by atoms with E-state index < -0.39 is 0 Å². The third kappa shape index (κ3) is 3.88. The van der Waals surface area contributed by atoms with E-state index in [-0.39, 0.29) is 5.97 Å². The van der Waals surface area contributed by atoms with Gasteiger partial charge < -0.3 is 9.47 Å². The number of aryl methyl sites for hydroxylation is 2. The maximum atomic E-state index is 12.2. The summed E-state index contributed by atoms with van der Waals surface area (Å²) in [6.07, 6.45) is 1.86.